The van der Waals surface area contributed by atoms with Crippen LogP contribution in [0.2, 0.25) is 0 Å². The molecule has 5 heterocycles. The van der Waals surface area contributed by atoms with Crippen LogP contribution < -0.4 is 0 Å². The van der Waals surface area contributed by atoms with E-state index in [2.05, 4.69) is 42.2 Å². The fraction of sp³-hybridized carbons (Fsp3) is 0.217. The number of aromatic amines is 2. The van der Waals surface area contributed by atoms with Crippen molar-refractivity contribution < 1.29 is 0 Å². The van der Waals surface area contributed by atoms with Crippen molar-refractivity contribution in [3.05, 3.63) is 60.6 Å². The first-order valence-corrected chi connectivity index (χ1v) is 10.3. The Labute approximate surface area is 173 Å². The van der Waals surface area contributed by atoms with Crippen molar-refractivity contribution in [3.8, 4) is 22.6 Å². The number of likely N-dealkylation sites (tertiary alicyclic amines) is 1. The third-order valence-corrected chi connectivity index (χ3v) is 5.77. The molecule has 0 unspecified atom stereocenters. The normalized spacial score (nSPS) is 14.8. The van der Waals surface area contributed by atoms with Crippen molar-refractivity contribution in [1.82, 2.24) is 35.0 Å². The lowest BCUT2D eigenvalue weighted by molar-refractivity contribution is 0.331. The first-order valence-electron chi connectivity index (χ1n) is 10.3. The van der Waals surface area contributed by atoms with Crippen LogP contribution in [0.25, 0.3) is 44.7 Å². The minimum Gasteiger partial charge on any atom is -0.337 e. The van der Waals surface area contributed by atoms with Gasteiger partial charge in [0.05, 0.1) is 16.4 Å². The van der Waals surface area contributed by atoms with E-state index in [1.54, 1.807) is 0 Å². The fourth-order valence-electron chi connectivity index (χ4n) is 4.24. The molecular formula is C23H21N7. The lowest BCUT2D eigenvalue weighted by Gasteiger charge is -2.14. The van der Waals surface area contributed by atoms with Gasteiger partial charge in [-0.2, -0.15) is 5.10 Å². The predicted octanol–water partition coefficient (Wildman–Crippen LogP) is 4.16. The summed E-state index contributed by atoms with van der Waals surface area (Å²) in [7, 11) is 0. The molecule has 0 amide bonds. The van der Waals surface area contributed by atoms with Crippen molar-refractivity contribution in [1.29, 1.82) is 0 Å². The largest absolute Gasteiger partial charge is 0.337 e. The van der Waals surface area contributed by atoms with E-state index in [-0.39, 0.29) is 0 Å². The van der Waals surface area contributed by atoms with E-state index < -0.39 is 0 Å². The van der Waals surface area contributed by atoms with Gasteiger partial charge in [-0.05, 0) is 55.8 Å². The second-order valence-electron chi connectivity index (χ2n) is 7.86. The summed E-state index contributed by atoms with van der Waals surface area (Å²) in [6.07, 6.45) is 8.31. The van der Waals surface area contributed by atoms with Crippen LogP contribution in [0.1, 0.15) is 18.4 Å². The zero-order chi connectivity index (χ0) is 19.9. The highest BCUT2D eigenvalue weighted by molar-refractivity contribution is 5.93. The molecule has 0 aliphatic carbocycles. The number of para-hydroxylation sites is 2. The van der Waals surface area contributed by atoms with Gasteiger partial charge in [-0.25, -0.2) is 9.97 Å². The van der Waals surface area contributed by atoms with Gasteiger partial charge in [0.25, 0.3) is 0 Å². The second-order valence-corrected chi connectivity index (χ2v) is 7.86. The van der Waals surface area contributed by atoms with Gasteiger partial charge in [-0.1, -0.05) is 12.1 Å². The number of benzene rings is 1. The monoisotopic (exact) mass is 395 g/mol. The van der Waals surface area contributed by atoms with E-state index >= 15 is 0 Å². The summed E-state index contributed by atoms with van der Waals surface area (Å²) in [5.41, 5.74) is 6.78. The Hall–Kier alpha value is -3.58. The number of pyridine rings is 2. The topological polar surface area (TPSA) is 86.4 Å². The molecule has 1 aliphatic rings. The quantitative estimate of drug-likeness (QED) is 0.477. The maximum Gasteiger partial charge on any atom is 0.181 e. The maximum atomic E-state index is 4.71. The molecule has 1 aromatic carbocycles. The zero-order valence-corrected chi connectivity index (χ0v) is 16.5. The summed E-state index contributed by atoms with van der Waals surface area (Å²) in [4.78, 5) is 19.6. The summed E-state index contributed by atoms with van der Waals surface area (Å²) >= 11 is 0. The maximum absolute atomic E-state index is 4.71. The number of nitrogens with zero attached hydrogens (tertiary/aromatic N) is 5. The number of rotatable bonds is 4. The molecule has 2 N–H and O–H groups in total. The van der Waals surface area contributed by atoms with Crippen molar-refractivity contribution in [2.45, 2.75) is 19.4 Å². The number of imidazole rings is 1. The number of fused-ring (bicyclic) bond motifs is 2. The SMILES string of the molecule is c1ccc2[nH]c(-c3[nH]nc4ncc(-c5cncc(CN6CCCC6)c5)cc34)nc2c1. The third-order valence-electron chi connectivity index (χ3n) is 5.77. The van der Waals surface area contributed by atoms with Crippen molar-refractivity contribution >= 4 is 22.1 Å². The minimum atomic E-state index is 0.676. The Kier molecular flexibility index (Phi) is 4.06. The molecule has 148 valence electrons. The smallest absolute Gasteiger partial charge is 0.181 e. The molecular weight excluding hydrogens is 374 g/mol. The number of hydrogen-bond donors (Lipinski definition) is 2. The molecule has 0 atom stereocenters. The molecule has 5 aromatic rings. The molecule has 0 spiro atoms. The predicted molar refractivity (Wildman–Crippen MR) is 117 cm³/mol. The van der Waals surface area contributed by atoms with Gasteiger partial charge in [0, 0.05) is 36.3 Å². The van der Waals surface area contributed by atoms with Gasteiger partial charge in [0.1, 0.15) is 5.69 Å². The fourth-order valence-corrected chi connectivity index (χ4v) is 4.24. The molecule has 0 bridgehead atoms. The van der Waals surface area contributed by atoms with Gasteiger partial charge in [-0.15, -0.1) is 0 Å². The van der Waals surface area contributed by atoms with Crippen LogP contribution in [-0.2, 0) is 6.54 Å². The van der Waals surface area contributed by atoms with Crippen LogP contribution in [0.4, 0.5) is 0 Å². The number of aromatic nitrogens is 6. The Morgan fingerprint density at radius 3 is 2.73 bits per heavy atom. The first-order chi connectivity index (χ1) is 14.8. The highest BCUT2D eigenvalue weighted by Gasteiger charge is 2.15. The zero-order valence-electron chi connectivity index (χ0n) is 16.5. The number of H-pyrrole nitrogens is 2. The molecule has 4 aromatic heterocycles. The van der Waals surface area contributed by atoms with Crippen molar-refractivity contribution in [2.75, 3.05) is 13.1 Å². The summed E-state index contributed by atoms with van der Waals surface area (Å²) in [6.45, 7) is 3.30. The van der Waals surface area contributed by atoms with Crippen LogP contribution >= 0.6 is 0 Å². The summed E-state index contributed by atoms with van der Waals surface area (Å²) in [5.74, 6) is 0.763. The van der Waals surface area contributed by atoms with Gasteiger partial charge in [-0.3, -0.25) is 15.0 Å². The van der Waals surface area contributed by atoms with Crippen LogP contribution in [-0.4, -0.2) is 48.1 Å². The van der Waals surface area contributed by atoms with E-state index in [1.165, 1.54) is 31.5 Å². The molecule has 0 saturated carbocycles. The Bertz CT molecular complexity index is 1310. The first kappa shape index (κ1) is 17.3. The van der Waals surface area contributed by atoms with Crippen LogP contribution in [0.5, 0.6) is 0 Å². The molecule has 1 fully saturated rings. The van der Waals surface area contributed by atoms with E-state index in [0.29, 0.717) is 5.65 Å². The molecule has 1 saturated heterocycles. The minimum absolute atomic E-state index is 0.676. The molecule has 0 radical (unpaired) electrons. The molecule has 7 heteroatoms. The van der Waals surface area contributed by atoms with Crippen LogP contribution in [0.15, 0.2) is 55.0 Å². The van der Waals surface area contributed by atoms with E-state index in [0.717, 1.165) is 45.6 Å². The van der Waals surface area contributed by atoms with Crippen molar-refractivity contribution in [2.24, 2.45) is 0 Å². The standard InChI is InChI=1S/C23H21N7/c1-2-6-20-19(5-1)26-23(27-20)21-18-10-17(13-25-22(18)29-28-21)16-9-15(11-24-12-16)14-30-7-3-4-8-30/h1-2,5-6,9-13H,3-4,7-8,14H2,(H,26,27)(H,25,28,29). The average molecular weight is 395 g/mol. The van der Waals surface area contributed by atoms with E-state index in [1.807, 2.05) is 42.9 Å². The Balaban J connectivity index is 1.39. The van der Waals surface area contributed by atoms with Gasteiger partial charge < -0.3 is 4.98 Å². The number of nitrogens with one attached hydrogen (secondary N) is 2. The summed E-state index contributed by atoms with van der Waals surface area (Å²) < 4.78 is 0. The second kappa shape index (κ2) is 7.03. The molecule has 1 aliphatic heterocycles. The molecule has 6 rings (SSSR count). The number of hydrogen-bond acceptors (Lipinski definition) is 5. The Morgan fingerprint density at radius 1 is 0.967 bits per heavy atom. The molecule has 30 heavy (non-hydrogen) atoms. The highest BCUT2D eigenvalue weighted by Crippen LogP contribution is 2.29. The highest BCUT2D eigenvalue weighted by atomic mass is 15.2. The van der Waals surface area contributed by atoms with Gasteiger partial charge in [0.2, 0.25) is 0 Å². The lowest BCUT2D eigenvalue weighted by Crippen LogP contribution is -2.18. The Morgan fingerprint density at radius 2 is 1.83 bits per heavy atom. The van der Waals surface area contributed by atoms with Crippen LogP contribution in [0, 0.1) is 0 Å². The van der Waals surface area contributed by atoms with Gasteiger partial charge in [0.15, 0.2) is 11.5 Å². The molecule has 7 nitrogen and oxygen atoms in total. The van der Waals surface area contributed by atoms with E-state index in [4.69, 9.17) is 4.98 Å². The summed E-state index contributed by atoms with van der Waals surface area (Å²) in [5, 5.41) is 8.41. The average Bonchev–Trinajstić information content (AvgIpc) is 3.52. The van der Waals surface area contributed by atoms with Crippen molar-refractivity contribution in [3.63, 3.8) is 0 Å². The van der Waals surface area contributed by atoms with E-state index in [9.17, 15) is 0 Å². The third kappa shape index (κ3) is 3.04. The van der Waals surface area contributed by atoms with Gasteiger partial charge >= 0.3 is 0 Å². The summed E-state index contributed by atoms with van der Waals surface area (Å²) in [6, 6.07) is 12.3. The van der Waals surface area contributed by atoms with Crippen LogP contribution in [0.3, 0.4) is 0 Å². The lowest BCUT2D eigenvalue weighted by atomic mass is 10.1.